The lowest BCUT2D eigenvalue weighted by Gasteiger charge is -2.06. The number of aryl methyl sites for hydroxylation is 1. The van der Waals surface area contributed by atoms with E-state index < -0.39 is 6.10 Å². The Morgan fingerprint density at radius 2 is 2.46 bits per heavy atom. The number of aliphatic hydroxyl groups is 1. The number of hydrogen-bond donors (Lipinski definition) is 1. The molecule has 0 radical (unpaired) electrons. The Morgan fingerprint density at radius 3 is 3.08 bits per heavy atom. The second-order valence-corrected chi connectivity index (χ2v) is 2.63. The van der Waals surface area contributed by atoms with E-state index in [-0.39, 0.29) is 6.54 Å². The maximum atomic E-state index is 9.45. The van der Waals surface area contributed by atoms with Crippen LogP contribution < -0.4 is 0 Å². The van der Waals surface area contributed by atoms with Gasteiger partial charge in [-0.1, -0.05) is 11.2 Å². The summed E-state index contributed by atoms with van der Waals surface area (Å²) in [6, 6.07) is 5.34. The molecule has 0 bridgehead atoms. The minimum Gasteiger partial charge on any atom is -0.387 e. The molecule has 0 aliphatic heterocycles. The summed E-state index contributed by atoms with van der Waals surface area (Å²) >= 11 is 0. The molecule has 0 saturated heterocycles. The molecule has 1 aromatic heterocycles. The first kappa shape index (κ1) is 9.51. The normalized spacial score (nSPS) is 11.8. The number of pyridine rings is 1. The summed E-state index contributed by atoms with van der Waals surface area (Å²) in [4.78, 5) is 6.65. The highest BCUT2D eigenvalue weighted by Gasteiger charge is 2.06. The summed E-state index contributed by atoms with van der Waals surface area (Å²) in [5, 5.41) is 12.7. The number of aromatic nitrogens is 1. The van der Waals surface area contributed by atoms with Gasteiger partial charge >= 0.3 is 0 Å². The molecular weight excluding hydrogens is 168 g/mol. The topological polar surface area (TPSA) is 81.9 Å². The van der Waals surface area contributed by atoms with Crippen LogP contribution in [0.2, 0.25) is 0 Å². The molecular formula is C8H10N4O. The van der Waals surface area contributed by atoms with Gasteiger partial charge in [0.1, 0.15) is 6.10 Å². The summed E-state index contributed by atoms with van der Waals surface area (Å²) in [7, 11) is 0. The van der Waals surface area contributed by atoms with Gasteiger partial charge in [-0.15, -0.1) is 0 Å². The molecule has 0 fully saturated rings. The van der Waals surface area contributed by atoms with Gasteiger partial charge in [-0.25, -0.2) is 0 Å². The highest BCUT2D eigenvalue weighted by molar-refractivity contribution is 5.12. The van der Waals surface area contributed by atoms with Crippen molar-refractivity contribution in [2.24, 2.45) is 5.11 Å². The third kappa shape index (κ3) is 2.74. The SMILES string of the molecule is Cc1cccc(C(O)CN=[N+]=[N-])n1. The number of hydrogen-bond acceptors (Lipinski definition) is 3. The van der Waals surface area contributed by atoms with E-state index in [2.05, 4.69) is 15.0 Å². The van der Waals surface area contributed by atoms with Crippen LogP contribution >= 0.6 is 0 Å². The number of aliphatic hydroxyl groups excluding tert-OH is 1. The molecule has 5 heteroatoms. The summed E-state index contributed by atoms with van der Waals surface area (Å²) in [5.74, 6) is 0. The molecule has 1 unspecified atom stereocenters. The van der Waals surface area contributed by atoms with E-state index in [1.54, 1.807) is 12.1 Å². The molecule has 1 N–H and O–H groups in total. The van der Waals surface area contributed by atoms with Crippen molar-refractivity contribution in [2.45, 2.75) is 13.0 Å². The largest absolute Gasteiger partial charge is 0.387 e. The van der Waals surface area contributed by atoms with Crippen molar-refractivity contribution in [2.75, 3.05) is 6.54 Å². The van der Waals surface area contributed by atoms with Gasteiger partial charge in [0, 0.05) is 10.6 Å². The average molecular weight is 178 g/mol. The summed E-state index contributed by atoms with van der Waals surface area (Å²) in [6.45, 7) is 1.86. The van der Waals surface area contributed by atoms with Gasteiger partial charge in [-0.05, 0) is 24.6 Å². The fraction of sp³-hybridized carbons (Fsp3) is 0.375. The Labute approximate surface area is 75.7 Å². The van der Waals surface area contributed by atoms with Crippen molar-refractivity contribution in [1.29, 1.82) is 0 Å². The number of nitrogens with zero attached hydrogens (tertiary/aromatic N) is 4. The fourth-order valence-electron chi connectivity index (χ4n) is 0.957. The van der Waals surface area contributed by atoms with Crippen LogP contribution in [-0.2, 0) is 0 Å². The van der Waals surface area contributed by atoms with E-state index in [1.807, 2.05) is 13.0 Å². The average Bonchev–Trinajstić information content (AvgIpc) is 2.14. The Morgan fingerprint density at radius 1 is 1.69 bits per heavy atom. The standard InChI is InChI=1S/C8H10N4O/c1-6-3-2-4-7(11-6)8(13)5-10-12-9/h2-4,8,13H,5H2,1H3. The van der Waals surface area contributed by atoms with Crippen LogP contribution in [0, 0.1) is 6.92 Å². The molecule has 1 rings (SSSR count). The molecule has 0 amide bonds. The summed E-state index contributed by atoms with van der Waals surface area (Å²) in [5.41, 5.74) is 9.41. The second kappa shape index (κ2) is 4.45. The molecule has 0 aliphatic carbocycles. The van der Waals surface area contributed by atoms with Gasteiger partial charge in [0.15, 0.2) is 0 Å². The fourth-order valence-corrected chi connectivity index (χ4v) is 0.957. The van der Waals surface area contributed by atoms with Gasteiger partial charge in [-0.2, -0.15) is 0 Å². The first-order valence-corrected chi connectivity index (χ1v) is 3.86. The van der Waals surface area contributed by atoms with Crippen molar-refractivity contribution in [1.82, 2.24) is 4.98 Å². The van der Waals surface area contributed by atoms with Crippen LogP contribution in [0.3, 0.4) is 0 Å². The minimum atomic E-state index is -0.809. The van der Waals surface area contributed by atoms with Crippen LogP contribution in [0.15, 0.2) is 23.3 Å². The first-order valence-electron chi connectivity index (χ1n) is 3.86. The van der Waals surface area contributed by atoms with Crippen LogP contribution in [0.4, 0.5) is 0 Å². The summed E-state index contributed by atoms with van der Waals surface area (Å²) in [6.07, 6.45) is -0.809. The van der Waals surface area contributed by atoms with Crippen molar-refractivity contribution in [3.05, 3.63) is 40.0 Å². The molecule has 13 heavy (non-hydrogen) atoms. The van der Waals surface area contributed by atoms with Crippen LogP contribution in [0.5, 0.6) is 0 Å². The van der Waals surface area contributed by atoms with Gasteiger partial charge in [-0.3, -0.25) is 4.98 Å². The van der Waals surface area contributed by atoms with Gasteiger partial charge in [0.2, 0.25) is 0 Å². The van der Waals surface area contributed by atoms with E-state index in [9.17, 15) is 5.11 Å². The van der Waals surface area contributed by atoms with Crippen molar-refractivity contribution >= 4 is 0 Å². The molecule has 5 nitrogen and oxygen atoms in total. The van der Waals surface area contributed by atoms with Crippen LogP contribution in [0.1, 0.15) is 17.5 Å². The quantitative estimate of drug-likeness (QED) is 0.434. The van der Waals surface area contributed by atoms with Crippen molar-refractivity contribution < 1.29 is 5.11 Å². The van der Waals surface area contributed by atoms with Crippen LogP contribution in [0.25, 0.3) is 10.4 Å². The monoisotopic (exact) mass is 178 g/mol. The Bertz CT molecular complexity index is 333. The van der Waals surface area contributed by atoms with Gasteiger partial charge in [0.05, 0.1) is 12.2 Å². The smallest absolute Gasteiger partial charge is 0.102 e. The predicted molar refractivity (Wildman–Crippen MR) is 47.9 cm³/mol. The van der Waals surface area contributed by atoms with Gasteiger partial charge < -0.3 is 5.11 Å². The molecule has 68 valence electrons. The Kier molecular flexibility index (Phi) is 3.25. The zero-order chi connectivity index (χ0) is 9.68. The third-order valence-corrected chi connectivity index (χ3v) is 1.57. The zero-order valence-corrected chi connectivity index (χ0v) is 7.25. The van der Waals surface area contributed by atoms with Gasteiger partial charge in [0.25, 0.3) is 0 Å². The highest BCUT2D eigenvalue weighted by Crippen LogP contribution is 2.10. The highest BCUT2D eigenvalue weighted by atomic mass is 16.3. The summed E-state index contributed by atoms with van der Waals surface area (Å²) < 4.78 is 0. The maximum Gasteiger partial charge on any atom is 0.102 e. The molecule has 1 atom stereocenters. The minimum absolute atomic E-state index is 0.0208. The van der Waals surface area contributed by atoms with Crippen molar-refractivity contribution in [3.8, 4) is 0 Å². The maximum absolute atomic E-state index is 9.45. The first-order chi connectivity index (χ1) is 6.24. The molecule has 0 saturated carbocycles. The Hall–Kier alpha value is -1.58. The van der Waals surface area contributed by atoms with E-state index in [0.717, 1.165) is 5.69 Å². The molecule has 0 aromatic carbocycles. The lowest BCUT2D eigenvalue weighted by molar-refractivity contribution is 0.182. The lowest BCUT2D eigenvalue weighted by Crippen LogP contribution is -2.03. The predicted octanol–water partition coefficient (Wildman–Crippen LogP) is 1.73. The zero-order valence-electron chi connectivity index (χ0n) is 7.25. The molecule has 1 aromatic rings. The number of rotatable bonds is 3. The Balaban J connectivity index is 2.76. The third-order valence-electron chi connectivity index (χ3n) is 1.57. The van der Waals surface area contributed by atoms with Crippen LogP contribution in [-0.4, -0.2) is 16.6 Å². The molecule has 0 aliphatic rings. The molecule has 0 spiro atoms. The van der Waals surface area contributed by atoms with E-state index in [1.165, 1.54) is 0 Å². The number of azide groups is 1. The molecule has 1 heterocycles. The lowest BCUT2D eigenvalue weighted by atomic mass is 10.2. The van der Waals surface area contributed by atoms with Crippen molar-refractivity contribution in [3.63, 3.8) is 0 Å². The second-order valence-electron chi connectivity index (χ2n) is 2.63. The van der Waals surface area contributed by atoms with E-state index in [0.29, 0.717) is 5.69 Å². The van der Waals surface area contributed by atoms with E-state index in [4.69, 9.17) is 5.53 Å². The van der Waals surface area contributed by atoms with E-state index >= 15 is 0 Å².